The van der Waals surface area contributed by atoms with Gasteiger partial charge in [0.15, 0.2) is 0 Å². The highest BCUT2D eigenvalue weighted by Crippen LogP contribution is 2.22. The van der Waals surface area contributed by atoms with Crippen molar-refractivity contribution in [3.63, 3.8) is 0 Å². The first kappa shape index (κ1) is 16.4. The Hall–Kier alpha value is -2.41. The van der Waals surface area contributed by atoms with Crippen molar-refractivity contribution in [1.82, 2.24) is 15.0 Å². The largest absolute Gasteiger partial charge is 0.493 e. The lowest BCUT2D eigenvalue weighted by Crippen LogP contribution is -2.36. The first-order valence-corrected chi connectivity index (χ1v) is 8.11. The zero-order chi connectivity index (χ0) is 16.9. The average Bonchev–Trinajstić information content (AvgIpc) is 2.61. The van der Waals surface area contributed by atoms with Gasteiger partial charge in [-0.05, 0) is 24.8 Å². The fourth-order valence-electron chi connectivity index (χ4n) is 2.62. The van der Waals surface area contributed by atoms with Crippen molar-refractivity contribution in [2.24, 2.45) is 11.7 Å². The molecular formula is C16H18ClN5O2. The smallest absolute Gasteiger partial charge is 0.267 e. The minimum absolute atomic E-state index is 0.210. The van der Waals surface area contributed by atoms with Crippen molar-refractivity contribution in [2.75, 3.05) is 24.6 Å². The second-order valence-corrected chi connectivity index (χ2v) is 6.12. The maximum atomic E-state index is 11.1. The Bertz CT molecular complexity index is 702. The Kier molecular flexibility index (Phi) is 5.10. The van der Waals surface area contributed by atoms with Gasteiger partial charge in [0.05, 0.1) is 24.0 Å². The molecule has 2 aromatic heterocycles. The summed E-state index contributed by atoms with van der Waals surface area (Å²) in [6.07, 6.45) is 6.72. The number of carbonyl (C=O) groups is 1. The maximum Gasteiger partial charge on any atom is 0.267 e. The first-order valence-electron chi connectivity index (χ1n) is 7.73. The van der Waals surface area contributed by atoms with Crippen LogP contribution in [0, 0.1) is 5.92 Å². The van der Waals surface area contributed by atoms with Crippen LogP contribution in [0.1, 0.15) is 23.3 Å². The van der Waals surface area contributed by atoms with Gasteiger partial charge < -0.3 is 15.4 Å². The number of hydrogen-bond acceptors (Lipinski definition) is 6. The van der Waals surface area contributed by atoms with Crippen LogP contribution < -0.4 is 15.4 Å². The van der Waals surface area contributed by atoms with E-state index in [1.165, 1.54) is 6.20 Å². The van der Waals surface area contributed by atoms with Crippen molar-refractivity contribution >= 4 is 23.5 Å². The lowest BCUT2D eigenvalue weighted by molar-refractivity contribution is 0.0995. The van der Waals surface area contributed by atoms with Gasteiger partial charge in [-0.25, -0.2) is 9.97 Å². The normalized spacial score (nSPS) is 15.3. The molecular weight excluding hydrogens is 330 g/mol. The SMILES string of the molecule is NC(=O)c1cc(OCC2CCN(c3ncc(Cl)cn3)CC2)ccn1. The number of amides is 1. The van der Waals surface area contributed by atoms with Gasteiger partial charge in [-0.1, -0.05) is 11.6 Å². The number of nitrogens with two attached hydrogens (primary N) is 1. The number of rotatable bonds is 5. The number of pyridine rings is 1. The number of aromatic nitrogens is 3. The number of halogens is 1. The highest BCUT2D eigenvalue weighted by atomic mass is 35.5. The second-order valence-electron chi connectivity index (χ2n) is 5.68. The van der Waals surface area contributed by atoms with Crippen LogP contribution in [-0.4, -0.2) is 40.6 Å². The van der Waals surface area contributed by atoms with E-state index >= 15 is 0 Å². The fourth-order valence-corrected chi connectivity index (χ4v) is 2.72. The summed E-state index contributed by atoms with van der Waals surface area (Å²) >= 11 is 5.81. The molecule has 1 aliphatic heterocycles. The van der Waals surface area contributed by atoms with Gasteiger partial charge in [0.25, 0.3) is 5.91 Å². The van der Waals surface area contributed by atoms with Gasteiger partial charge in [-0.15, -0.1) is 0 Å². The van der Waals surface area contributed by atoms with Gasteiger partial charge in [0.1, 0.15) is 11.4 Å². The Labute approximate surface area is 144 Å². The molecule has 24 heavy (non-hydrogen) atoms. The molecule has 0 spiro atoms. The van der Waals surface area contributed by atoms with Crippen LogP contribution in [0.25, 0.3) is 0 Å². The number of nitrogens with zero attached hydrogens (tertiary/aromatic N) is 4. The average molecular weight is 348 g/mol. The Morgan fingerprint density at radius 2 is 2.00 bits per heavy atom. The summed E-state index contributed by atoms with van der Waals surface area (Å²) < 4.78 is 5.78. The molecule has 0 aliphatic carbocycles. The summed E-state index contributed by atoms with van der Waals surface area (Å²) in [5.74, 6) is 1.21. The molecule has 0 aromatic carbocycles. The van der Waals surface area contributed by atoms with Crippen molar-refractivity contribution in [1.29, 1.82) is 0 Å². The molecule has 3 heterocycles. The lowest BCUT2D eigenvalue weighted by Gasteiger charge is -2.31. The van der Waals surface area contributed by atoms with Crippen molar-refractivity contribution in [3.05, 3.63) is 41.4 Å². The summed E-state index contributed by atoms with van der Waals surface area (Å²) in [7, 11) is 0. The van der Waals surface area contributed by atoms with Crippen molar-refractivity contribution in [3.8, 4) is 5.75 Å². The van der Waals surface area contributed by atoms with E-state index < -0.39 is 5.91 Å². The van der Waals surface area contributed by atoms with Crippen molar-refractivity contribution in [2.45, 2.75) is 12.8 Å². The van der Waals surface area contributed by atoms with E-state index in [1.807, 2.05) is 0 Å². The molecule has 0 atom stereocenters. The number of piperidine rings is 1. The molecule has 8 heteroatoms. The Morgan fingerprint density at radius 1 is 1.29 bits per heavy atom. The molecule has 1 aliphatic rings. The molecule has 1 saturated heterocycles. The molecule has 1 fully saturated rings. The van der Waals surface area contributed by atoms with Crippen LogP contribution in [0.2, 0.25) is 5.02 Å². The molecule has 7 nitrogen and oxygen atoms in total. The van der Waals surface area contributed by atoms with Crippen molar-refractivity contribution < 1.29 is 9.53 Å². The summed E-state index contributed by atoms with van der Waals surface area (Å²) in [6, 6.07) is 3.29. The number of carbonyl (C=O) groups excluding carboxylic acids is 1. The lowest BCUT2D eigenvalue weighted by atomic mass is 9.98. The topological polar surface area (TPSA) is 94.2 Å². The third-order valence-corrected chi connectivity index (χ3v) is 4.17. The predicted molar refractivity (Wildman–Crippen MR) is 90.2 cm³/mol. The molecule has 0 saturated carbocycles. The van der Waals surface area contributed by atoms with E-state index in [0.717, 1.165) is 25.9 Å². The van der Waals surface area contributed by atoms with Crippen LogP contribution in [0.5, 0.6) is 5.75 Å². The number of primary amides is 1. The number of hydrogen-bond donors (Lipinski definition) is 1. The fraction of sp³-hybridized carbons (Fsp3) is 0.375. The highest BCUT2D eigenvalue weighted by Gasteiger charge is 2.21. The van der Waals surface area contributed by atoms with Gasteiger partial charge >= 0.3 is 0 Å². The molecule has 3 rings (SSSR count). The summed E-state index contributed by atoms with van der Waals surface area (Å²) in [4.78, 5) is 25.7. The minimum atomic E-state index is -0.559. The third-order valence-electron chi connectivity index (χ3n) is 3.97. The summed E-state index contributed by atoms with van der Waals surface area (Å²) in [5.41, 5.74) is 5.43. The van der Waals surface area contributed by atoms with E-state index in [2.05, 4.69) is 19.9 Å². The molecule has 2 aromatic rings. The Morgan fingerprint density at radius 3 is 2.67 bits per heavy atom. The monoisotopic (exact) mass is 347 g/mol. The zero-order valence-corrected chi connectivity index (χ0v) is 13.8. The van der Waals surface area contributed by atoms with Gasteiger partial charge in [0.2, 0.25) is 5.95 Å². The van der Waals surface area contributed by atoms with E-state index in [4.69, 9.17) is 22.1 Å². The van der Waals surface area contributed by atoms with E-state index in [0.29, 0.717) is 29.2 Å². The van der Waals surface area contributed by atoms with Crippen LogP contribution in [0.4, 0.5) is 5.95 Å². The van der Waals surface area contributed by atoms with Crippen LogP contribution in [0.3, 0.4) is 0 Å². The second kappa shape index (κ2) is 7.44. The molecule has 0 bridgehead atoms. The molecule has 1 amide bonds. The number of anilines is 1. The zero-order valence-electron chi connectivity index (χ0n) is 13.1. The standard InChI is InChI=1S/C16H18ClN5O2/c17-12-8-20-16(21-9-12)22-5-2-11(3-6-22)10-24-13-1-4-19-14(7-13)15(18)23/h1,4,7-9,11H,2-3,5-6,10H2,(H2,18,23). The molecule has 0 unspecified atom stereocenters. The molecule has 2 N–H and O–H groups in total. The molecule has 0 radical (unpaired) electrons. The van der Waals surface area contributed by atoms with Gasteiger partial charge in [-0.3, -0.25) is 9.78 Å². The van der Waals surface area contributed by atoms with E-state index in [-0.39, 0.29) is 5.69 Å². The van der Waals surface area contributed by atoms with E-state index in [1.54, 1.807) is 24.5 Å². The summed E-state index contributed by atoms with van der Waals surface area (Å²) in [6.45, 7) is 2.34. The highest BCUT2D eigenvalue weighted by molar-refractivity contribution is 6.30. The molecule has 126 valence electrons. The van der Waals surface area contributed by atoms with Crippen LogP contribution in [-0.2, 0) is 0 Å². The van der Waals surface area contributed by atoms with E-state index in [9.17, 15) is 4.79 Å². The maximum absolute atomic E-state index is 11.1. The third kappa shape index (κ3) is 4.11. The van der Waals surface area contributed by atoms with Gasteiger partial charge in [-0.2, -0.15) is 0 Å². The minimum Gasteiger partial charge on any atom is -0.493 e. The van der Waals surface area contributed by atoms with Crippen LogP contribution >= 0.6 is 11.6 Å². The number of ether oxygens (including phenoxy) is 1. The first-order chi connectivity index (χ1) is 11.6. The Balaban J connectivity index is 1.50. The summed E-state index contributed by atoms with van der Waals surface area (Å²) in [5, 5.41) is 0.537. The quantitative estimate of drug-likeness (QED) is 0.888. The predicted octanol–water partition coefficient (Wildman–Crippen LogP) is 1.92. The van der Waals surface area contributed by atoms with Crippen LogP contribution in [0.15, 0.2) is 30.7 Å². The van der Waals surface area contributed by atoms with Gasteiger partial charge in [0, 0.05) is 25.4 Å².